The third-order valence-corrected chi connectivity index (χ3v) is 4.09. The van der Waals surface area contributed by atoms with Crippen LogP contribution in [0.2, 0.25) is 0 Å². The summed E-state index contributed by atoms with van der Waals surface area (Å²) in [4.78, 5) is 17.6. The summed E-state index contributed by atoms with van der Waals surface area (Å²) >= 11 is 0. The number of para-hydroxylation sites is 2. The van der Waals surface area contributed by atoms with Crippen LogP contribution in [0.25, 0.3) is 22.4 Å². The minimum Gasteiger partial charge on any atom is -0.268 e. The van der Waals surface area contributed by atoms with Crippen molar-refractivity contribution in [2.45, 2.75) is 26.2 Å². The van der Waals surface area contributed by atoms with Gasteiger partial charge in [-0.3, -0.25) is 9.36 Å². The zero-order valence-electron chi connectivity index (χ0n) is 12.3. The third-order valence-electron chi connectivity index (χ3n) is 4.09. The summed E-state index contributed by atoms with van der Waals surface area (Å²) < 4.78 is 1.75. The van der Waals surface area contributed by atoms with E-state index in [4.69, 9.17) is 0 Å². The van der Waals surface area contributed by atoms with E-state index in [-0.39, 0.29) is 11.3 Å². The van der Waals surface area contributed by atoms with Crippen molar-refractivity contribution in [2.75, 3.05) is 0 Å². The fraction of sp³-hybridized carbons (Fsp3) is 0.222. The Hall–Kier alpha value is -2.42. The Labute approximate surface area is 123 Å². The molecule has 4 rings (SSSR count). The summed E-state index contributed by atoms with van der Waals surface area (Å²) in [5, 5.41) is 0. The van der Waals surface area contributed by atoms with Crippen molar-refractivity contribution >= 4 is 16.9 Å². The average Bonchev–Trinajstić information content (AvgIpc) is 2.95. The molecule has 0 saturated heterocycles. The van der Waals surface area contributed by atoms with Gasteiger partial charge in [-0.25, -0.2) is 4.98 Å². The second kappa shape index (κ2) is 3.82. The van der Waals surface area contributed by atoms with Crippen LogP contribution >= 0.6 is 0 Å². The van der Waals surface area contributed by atoms with Gasteiger partial charge in [-0.1, -0.05) is 51.1 Å². The van der Waals surface area contributed by atoms with E-state index in [1.807, 2.05) is 42.5 Å². The van der Waals surface area contributed by atoms with E-state index in [0.29, 0.717) is 0 Å². The number of aromatic nitrogens is 2. The lowest BCUT2D eigenvalue weighted by atomic mass is 9.82. The number of nitrogens with zero attached hydrogens (tertiary/aromatic N) is 2. The summed E-state index contributed by atoms with van der Waals surface area (Å²) in [6, 6.07) is 13.8. The minimum absolute atomic E-state index is 0.0409. The molecule has 3 heteroatoms. The summed E-state index contributed by atoms with van der Waals surface area (Å²) in [5.74, 6) is 0.807. The standard InChI is InChI=1S/C18H16N2O/c1-18(2,3)12-8-6-7-11-15(12)17(21)20-14-10-5-4-9-13(14)19-16(11)20/h4-10H,1-3H3. The monoisotopic (exact) mass is 276 g/mol. The van der Waals surface area contributed by atoms with Gasteiger partial charge in [0.1, 0.15) is 5.82 Å². The van der Waals surface area contributed by atoms with Gasteiger partial charge in [0.25, 0.3) is 5.91 Å². The molecule has 2 heterocycles. The van der Waals surface area contributed by atoms with Crippen molar-refractivity contribution in [1.29, 1.82) is 0 Å². The van der Waals surface area contributed by atoms with E-state index in [1.165, 1.54) is 0 Å². The molecule has 2 aromatic carbocycles. The van der Waals surface area contributed by atoms with Crippen LogP contribution in [0.5, 0.6) is 0 Å². The molecule has 104 valence electrons. The SMILES string of the molecule is CC(C)(C)c1cccc2c1C(=O)n1c-2nc2ccccc21. The molecule has 0 bridgehead atoms. The highest BCUT2D eigenvalue weighted by Crippen LogP contribution is 2.39. The van der Waals surface area contributed by atoms with Crippen molar-refractivity contribution in [3.63, 3.8) is 0 Å². The fourth-order valence-corrected chi connectivity index (χ4v) is 3.12. The maximum Gasteiger partial charge on any atom is 0.265 e. The molecule has 1 aliphatic rings. The second-order valence-electron chi connectivity index (χ2n) is 6.54. The lowest BCUT2D eigenvalue weighted by Crippen LogP contribution is -2.17. The maximum atomic E-state index is 13.0. The Kier molecular flexibility index (Phi) is 2.24. The Morgan fingerprint density at radius 3 is 2.52 bits per heavy atom. The number of fused-ring (bicyclic) bond motifs is 5. The Balaban J connectivity index is 2.09. The molecule has 0 spiro atoms. The van der Waals surface area contributed by atoms with Crippen molar-refractivity contribution in [1.82, 2.24) is 9.55 Å². The molecule has 3 aromatic rings. The Bertz CT molecular complexity index is 897. The molecule has 1 aromatic heterocycles. The number of rotatable bonds is 0. The number of imidazole rings is 1. The smallest absolute Gasteiger partial charge is 0.265 e. The number of benzene rings is 2. The summed E-state index contributed by atoms with van der Waals surface area (Å²) in [6.45, 7) is 6.40. The molecule has 0 fully saturated rings. The first-order chi connectivity index (χ1) is 9.98. The largest absolute Gasteiger partial charge is 0.268 e. The predicted molar refractivity (Wildman–Crippen MR) is 83.6 cm³/mol. The number of carbonyl (C=O) groups excluding carboxylic acids is 1. The normalized spacial score (nSPS) is 13.6. The maximum absolute atomic E-state index is 13.0. The van der Waals surface area contributed by atoms with Crippen LogP contribution in [-0.2, 0) is 5.41 Å². The number of hydrogen-bond donors (Lipinski definition) is 0. The zero-order chi connectivity index (χ0) is 14.8. The summed E-state index contributed by atoms with van der Waals surface area (Å²) in [6.07, 6.45) is 0. The van der Waals surface area contributed by atoms with Crippen molar-refractivity contribution in [3.8, 4) is 11.4 Å². The van der Waals surface area contributed by atoms with Crippen molar-refractivity contribution in [2.24, 2.45) is 0 Å². The van der Waals surface area contributed by atoms with Gasteiger partial charge in [-0.15, -0.1) is 0 Å². The van der Waals surface area contributed by atoms with E-state index in [0.717, 1.165) is 33.5 Å². The van der Waals surface area contributed by atoms with Crippen molar-refractivity contribution in [3.05, 3.63) is 53.6 Å². The van der Waals surface area contributed by atoms with Gasteiger partial charge in [-0.2, -0.15) is 0 Å². The van der Waals surface area contributed by atoms with Crippen LogP contribution in [0.1, 0.15) is 36.7 Å². The molecular weight excluding hydrogens is 260 g/mol. The summed E-state index contributed by atoms with van der Waals surface area (Å²) in [5.41, 5.74) is 4.52. The average molecular weight is 276 g/mol. The Morgan fingerprint density at radius 1 is 1.00 bits per heavy atom. The minimum atomic E-state index is -0.0686. The fourth-order valence-electron chi connectivity index (χ4n) is 3.12. The van der Waals surface area contributed by atoms with E-state index in [2.05, 4.69) is 25.8 Å². The third kappa shape index (κ3) is 1.54. The molecule has 0 atom stereocenters. The van der Waals surface area contributed by atoms with Crippen LogP contribution in [0.3, 0.4) is 0 Å². The lowest BCUT2D eigenvalue weighted by molar-refractivity contribution is 0.0971. The highest BCUT2D eigenvalue weighted by atomic mass is 16.2. The first-order valence-electron chi connectivity index (χ1n) is 7.14. The first kappa shape index (κ1) is 12.3. The van der Waals surface area contributed by atoms with Crippen LogP contribution in [0.15, 0.2) is 42.5 Å². The van der Waals surface area contributed by atoms with Crippen LogP contribution in [0, 0.1) is 0 Å². The molecule has 0 saturated carbocycles. The molecule has 0 radical (unpaired) electrons. The molecule has 0 aliphatic carbocycles. The summed E-state index contributed by atoms with van der Waals surface area (Å²) in [7, 11) is 0. The highest BCUT2D eigenvalue weighted by molar-refractivity contribution is 6.13. The number of carbonyl (C=O) groups is 1. The van der Waals surface area contributed by atoms with Crippen LogP contribution < -0.4 is 0 Å². The lowest BCUT2D eigenvalue weighted by Gasteiger charge is -2.21. The molecule has 1 aliphatic heterocycles. The van der Waals surface area contributed by atoms with Gasteiger partial charge in [0.2, 0.25) is 0 Å². The number of hydrogen-bond acceptors (Lipinski definition) is 2. The van der Waals surface area contributed by atoms with Crippen molar-refractivity contribution < 1.29 is 4.79 Å². The van der Waals surface area contributed by atoms with E-state index < -0.39 is 0 Å². The molecule has 3 nitrogen and oxygen atoms in total. The van der Waals surface area contributed by atoms with E-state index in [9.17, 15) is 4.79 Å². The van der Waals surface area contributed by atoms with E-state index >= 15 is 0 Å². The van der Waals surface area contributed by atoms with E-state index in [1.54, 1.807) is 4.57 Å². The van der Waals surface area contributed by atoms with Gasteiger partial charge in [0, 0.05) is 5.56 Å². The molecular formula is C18H16N2O. The molecule has 0 unspecified atom stereocenters. The topological polar surface area (TPSA) is 34.9 Å². The predicted octanol–water partition coefficient (Wildman–Crippen LogP) is 4.00. The highest BCUT2D eigenvalue weighted by Gasteiger charge is 2.34. The quantitative estimate of drug-likeness (QED) is 0.486. The van der Waals surface area contributed by atoms with Gasteiger partial charge < -0.3 is 0 Å². The molecule has 21 heavy (non-hydrogen) atoms. The van der Waals surface area contributed by atoms with Crippen LogP contribution in [0.4, 0.5) is 0 Å². The zero-order valence-corrected chi connectivity index (χ0v) is 12.3. The Morgan fingerprint density at radius 2 is 1.76 bits per heavy atom. The first-order valence-corrected chi connectivity index (χ1v) is 7.14. The van der Waals surface area contributed by atoms with Gasteiger partial charge in [-0.05, 0) is 23.1 Å². The second-order valence-corrected chi connectivity index (χ2v) is 6.54. The van der Waals surface area contributed by atoms with Crippen LogP contribution in [-0.4, -0.2) is 15.5 Å². The molecule has 0 N–H and O–H groups in total. The van der Waals surface area contributed by atoms with Gasteiger partial charge in [0.15, 0.2) is 0 Å². The van der Waals surface area contributed by atoms with Gasteiger partial charge in [0.05, 0.1) is 16.6 Å². The molecule has 0 amide bonds. The van der Waals surface area contributed by atoms with Gasteiger partial charge >= 0.3 is 0 Å².